The van der Waals surface area contributed by atoms with Gasteiger partial charge in [-0.3, -0.25) is 0 Å². The lowest BCUT2D eigenvalue weighted by Gasteiger charge is -2.29. The average Bonchev–Trinajstić information content (AvgIpc) is 2.23. The maximum atomic E-state index is 12.2. The summed E-state index contributed by atoms with van der Waals surface area (Å²) < 4.78 is 27.2. The first kappa shape index (κ1) is 16.8. The van der Waals surface area contributed by atoms with Gasteiger partial charge in [-0.15, -0.1) is 0 Å². The zero-order valence-electron chi connectivity index (χ0n) is 11.7. The molecule has 0 spiro atoms. The summed E-state index contributed by atoms with van der Waals surface area (Å²) in [5.41, 5.74) is 5.39. The van der Waals surface area contributed by atoms with Crippen molar-refractivity contribution in [1.82, 2.24) is 8.61 Å². The van der Waals surface area contributed by atoms with Crippen molar-refractivity contribution in [2.75, 3.05) is 27.2 Å². The predicted molar refractivity (Wildman–Crippen MR) is 71.9 cm³/mol. The second-order valence-electron chi connectivity index (χ2n) is 4.97. The van der Waals surface area contributed by atoms with Crippen LogP contribution in [0, 0.1) is 5.92 Å². The topological polar surface area (TPSA) is 66.6 Å². The van der Waals surface area contributed by atoms with Crippen LogP contribution in [0.4, 0.5) is 0 Å². The van der Waals surface area contributed by atoms with E-state index in [0.717, 1.165) is 6.42 Å². The molecular formula is C11H27N3O2S. The molecule has 1 atom stereocenters. The highest BCUT2D eigenvalue weighted by Crippen LogP contribution is 2.15. The summed E-state index contributed by atoms with van der Waals surface area (Å²) in [6.45, 7) is 7.10. The summed E-state index contributed by atoms with van der Waals surface area (Å²) in [4.78, 5) is 0. The second-order valence-corrected chi connectivity index (χ2v) is 7.06. The molecule has 0 aromatic carbocycles. The van der Waals surface area contributed by atoms with Crippen LogP contribution in [0.15, 0.2) is 0 Å². The molecule has 0 aromatic heterocycles. The highest BCUT2D eigenvalue weighted by molar-refractivity contribution is 7.86. The molecule has 0 fully saturated rings. The number of hydrogen-bond donors (Lipinski definition) is 1. The number of rotatable bonds is 8. The molecule has 0 aromatic rings. The van der Waals surface area contributed by atoms with E-state index >= 15 is 0 Å². The van der Waals surface area contributed by atoms with Gasteiger partial charge in [-0.25, -0.2) is 0 Å². The van der Waals surface area contributed by atoms with Gasteiger partial charge in [-0.1, -0.05) is 13.8 Å². The zero-order chi connectivity index (χ0) is 13.6. The van der Waals surface area contributed by atoms with E-state index in [2.05, 4.69) is 13.8 Å². The molecule has 0 heterocycles. The van der Waals surface area contributed by atoms with Crippen LogP contribution in [0.1, 0.15) is 33.6 Å². The van der Waals surface area contributed by atoms with Crippen LogP contribution in [0.2, 0.25) is 0 Å². The summed E-state index contributed by atoms with van der Waals surface area (Å²) in [5.74, 6) is 0.483. The molecule has 104 valence electrons. The van der Waals surface area contributed by atoms with Gasteiger partial charge in [0, 0.05) is 26.7 Å². The molecule has 17 heavy (non-hydrogen) atoms. The van der Waals surface area contributed by atoms with Crippen molar-refractivity contribution in [3.63, 3.8) is 0 Å². The van der Waals surface area contributed by atoms with Gasteiger partial charge in [0.05, 0.1) is 0 Å². The average molecular weight is 265 g/mol. The van der Waals surface area contributed by atoms with Crippen LogP contribution in [-0.2, 0) is 10.2 Å². The summed E-state index contributed by atoms with van der Waals surface area (Å²) in [6, 6.07) is 0.0142. The van der Waals surface area contributed by atoms with E-state index in [4.69, 9.17) is 5.73 Å². The Labute approximate surface area is 106 Å². The molecular weight excluding hydrogens is 238 g/mol. The van der Waals surface area contributed by atoms with E-state index in [1.54, 1.807) is 14.1 Å². The molecule has 1 unspecified atom stereocenters. The third-order valence-corrected chi connectivity index (χ3v) is 4.93. The Hall–Kier alpha value is -0.170. The van der Waals surface area contributed by atoms with Crippen molar-refractivity contribution in [3.8, 4) is 0 Å². The molecule has 0 aliphatic heterocycles. The van der Waals surface area contributed by atoms with Gasteiger partial charge >= 0.3 is 0 Å². The molecule has 0 radical (unpaired) electrons. The molecule has 0 saturated carbocycles. The SMILES string of the molecule is CC(C)CC(C)N(C)S(=O)(=O)N(C)CCCN. The van der Waals surface area contributed by atoms with Crippen molar-refractivity contribution in [2.45, 2.75) is 39.7 Å². The van der Waals surface area contributed by atoms with E-state index in [-0.39, 0.29) is 6.04 Å². The third kappa shape index (κ3) is 5.33. The Morgan fingerprint density at radius 2 is 1.71 bits per heavy atom. The minimum Gasteiger partial charge on any atom is -0.330 e. The van der Waals surface area contributed by atoms with Crippen molar-refractivity contribution < 1.29 is 8.42 Å². The first-order valence-electron chi connectivity index (χ1n) is 6.12. The van der Waals surface area contributed by atoms with Gasteiger partial charge in [0.1, 0.15) is 0 Å². The van der Waals surface area contributed by atoms with Gasteiger partial charge in [0.2, 0.25) is 0 Å². The standard InChI is InChI=1S/C11H27N3O2S/c1-10(2)9-11(3)14(5)17(15,16)13(4)8-6-7-12/h10-11H,6-9,12H2,1-5H3. The van der Waals surface area contributed by atoms with Crippen LogP contribution in [-0.4, -0.2) is 50.3 Å². The number of nitrogens with zero attached hydrogens (tertiary/aromatic N) is 2. The first-order valence-corrected chi connectivity index (χ1v) is 7.52. The lowest BCUT2D eigenvalue weighted by molar-refractivity contribution is 0.310. The Kier molecular flexibility index (Phi) is 7.23. The Bertz CT molecular complexity index is 304. The van der Waals surface area contributed by atoms with Crippen LogP contribution in [0.25, 0.3) is 0 Å². The molecule has 6 heteroatoms. The van der Waals surface area contributed by atoms with Crippen molar-refractivity contribution in [1.29, 1.82) is 0 Å². The lowest BCUT2D eigenvalue weighted by atomic mass is 10.1. The Morgan fingerprint density at radius 3 is 2.12 bits per heavy atom. The lowest BCUT2D eigenvalue weighted by Crippen LogP contribution is -2.44. The summed E-state index contributed by atoms with van der Waals surface area (Å²) in [6.07, 6.45) is 1.54. The van der Waals surface area contributed by atoms with Crippen LogP contribution in [0.5, 0.6) is 0 Å². The molecule has 0 rings (SSSR count). The van der Waals surface area contributed by atoms with Gasteiger partial charge in [-0.05, 0) is 32.2 Å². The monoisotopic (exact) mass is 265 g/mol. The molecule has 0 amide bonds. The van der Waals surface area contributed by atoms with Gasteiger partial charge in [0.25, 0.3) is 10.2 Å². The summed E-state index contributed by atoms with van der Waals surface area (Å²) in [7, 11) is -0.104. The second kappa shape index (κ2) is 7.31. The Morgan fingerprint density at radius 1 is 1.18 bits per heavy atom. The van der Waals surface area contributed by atoms with Gasteiger partial charge in [-0.2, -0.15) is 17.0 Å². The minimum atomic E-state index is -3.34. The van der Waals surface area contributed by atoms with Crippen LogP contribution in [0.3, 0.4) is 0 Å². The molecule has 0 aliphatic rings. The van der Waals surface area contributed by atoms with Crippen LogP contribution >= 0.6 is 0 Å². The minimum absolute atomic E-state index is 0.0142. The molecule has 5 nitrogen and oxygen atoms in total. The fourth-order valence-electron chi connectivity index (χ4n) is 1.71. The van der Waals surface area contributed by atoms with Crippen molar-refractivity contribution >= 4 is 10.2 Å². The summed E-state index contributed by atoms with van der Waals surface area (Å²) >= 11 is 0. The smallest absolute Gasteiger partial charge is 0.281 e. The molecule has 0 saturated heterocycles. The largest absolute Gasteiger partial charge is 0.330 e. The van der Waals surface area contributed by atoms with Crippen molar-refractivity contribution in [3.05, 3.63) is 0 Å². The molecule has 2 N–H and O–H groups in total. The molecule has 0 bridgehead atoms. The highest BCUT2D eigenvalue weighted by Gasteiger charge is 2.27. The van der Waals surface area contributed by atoms with E-state index in [1.165, 1.54) is 8.61 Å². The van der Waals surface area contributed by atoms with Crippen LogP contribution < -0.4 is 5.73 Å². The van der Waals surface area contributed by atoms with Gasteiger partial charge < -0.3 is 5.73 Å². The van der Waals surface area contributed by atoms with Gasteiger partial charge in [0.15, 0.2) is 0 Å². The number of nitrogens with two attached hydrogens (primary N) is 1. The zero-order valence-corrected chi connectivity index (χ0v) is 12.5. The predicted octanol–water partition coefficient (Wildman–Crippen LogP) is 0.878. The van der Waals surface area contributed by atoms with E-state index in [9.17, 15) is 8.42 Å². The maximum absolute atomic E-state index is 12.2. The van der Waals surface area contributed by atoms with E-state index in [1.807, 2.05) is 6.92 Å². The normalized spacial score (nSPS) is 14.9. The van der Waals surface area contributed by atoms with Crippen molar-refractivity contribution in [2.24, 2.45) is 11.7 Å². The Balaban J connectivity index is 4.58. The number of hydrogen-bond acceptors (Lipinski definition) is 3. The maximum Gasteiger partial charge on any atom is 0.281 e. The van der Waals surface area contributed by atoms with E-state index < -0.39 is 10.2 Å². The summed E-state index contributed by atoms with van der Waals surface area (Å²) in [5, 5.41) is 0. The van der Waals surface area contributed by atoms with E-state index in [0.29, 0.717) is 25.4 Å². The third-order valence-electron chi connectivity index (χ3n) is 2.87. The fraction of sp³-hybridized carbons (Fsp3) is 1.00. The molecule has 0 aliphatic carbocycles. The highest BCUT2D eigenvalue weighted by atomic mass is 32.2. The first-order chi connectivity index (χ1) is 7.73. The fourth-order valence-corrected chi connectivity index (χ4v) is 3.05. The quantitative estimate of drug-likeness (QED) is 0.708.